The molecule has 9 heteroatoms. The van der Waals surface area contributed by atoms with Crippen molar-refractivity contribution in [1.29, 1.82) is 0 Å². The third-order valence-electron chi connectivity index (χ3n) is 6.39. The Kier molecular flexibility index (Phi) is 4.11. The van der Waals surface area contributed by atoms with Crippen LogP contribution < -0.4 is 10.6 Å². The lowest BCUT2D eigenvalue weighted by atomic mass is 10.0. The molecule has 0 saturated carbocycles. The highest BCUT2D eigenvalue weighted by Crippen LogP contribution is 2.30. The number of piperidine rings is 1. The smallest absolute Gasteiger partial charge is 0.255 e. The van der Waals surface area contributed by atoms with E-state index in [4.69, 9.17) is 0 Å². The van der Waals surface area contributed by atoms with E-state index in [0.717, 1.165) is 41.2 Å². The average Bonchev–Trinajstić information content (AvgIpc) is 3.52. The molecular weight excluding hydrogens is 408 g/mol. The van der Waals surface area contributed by atoms with Crippen LogP contribution in [0.1, 0.15) is 34.3 Å². The first-order valence-corrected chi connectivity index (χ1v) is 10.6. The SMILES string of the molecule is O=C1CCC(N2Cc3ccc(-n4cc(-c5ccc6c(c5)NCC6)nn4)cc3C2=O)C(=O)N1. The summed E-state index contributed by atoms with van der Waals surface area (Å²) in [6, 6.07) is 11.2. The number of fused-ring (bicyclic) bond motifs is 2. The number of aromatic nitrogens is 3. The summed E-state index contributed by atoms with van der Waals surface area (Å²) in [5, 5.41) is 14.3. The summed E-state index contributed by atoms with van der Waals surface area (Å²) in [6.45, 7) is 1.30. The van der Waals surface area contributed by atoms with E-state index in [0.29, 0.717) is 18.5 Å². The molecule has 1 fully saturated rings. The van der Waals surface area contributed by atoms with Crippen molar-refractivity contribution in [3.05, 3.63) is 59.3 Å². The number of carbonyl (C=O) groups is 3. The number of nitrogens with one attached hydrogen (secondary N) is 2. The molecule has 0 radical (unpaired) electrons. The molecule has 6 rings (SSSR count). The first kappa shape index (κ1) is 18.7. The highest BCUT2D eigenvalue weighted by Gasteiger charge is 2.39. The Morgan fingerprint density at radius 3 is 2.75 bits per heavy atom. The maximum atomic E-state index is 13.1. The zero-order valence-corrected chi connectivity index (χ0v) is 17.2. The van der Waals surface area contributed by atoms with Gasteiger partial charge in [0.05, 0.1) is 11.9 Å². The van der Waals surface area contributed by atoms with Crippen LogP contribution in [0.25, 0.3) is 16.9 Å². The molecule has 9 nitrogen and oxygen atoms in total. The molecule has 0 aliphatic carbocycles. The molecule has 1 unspecified atom stereocenters. The van der Waals surface area contributed by atoms with Crippen LogP contribution in [-0.2, 0) is 22.6 Å². The molecule has 1 atom stereocenters. The van der Waals surface area contributed by atoms with Gasteiger partial charge >= 0.3 is 0 Å². The Bertz CT molecular complexity index is 1300. The molecule has 0 spiro atoms. The fraction of sp³-hybridized carbons (Fsp3) is 0.261. The molecule has 3 amide bonds. The minimum atomic E-state index is -0.623. The monoisotopic (exact) mass is 428 g/mol. The van der Waals surface area contributed by atoms with Crippen molar-refractivity contribution in [2.45, 2.75) is 31.8 Å². The van der Waals surface area contributed by atoms with E-state index in [9.17, 15) is 14.4 Å². The van der Waals surface area contributed by atoms with Crippen LogP contribution in [0.15, 0.2) is 42.6 Å². The lowest BCUT2D eigenvalue weighted by Gasteiger charge is -2.29. The first-order valence-electron chi connectivity index (χ1n) is 10.6. The Morgan fingerprint density at radius 2 is 1.88 bits per heavy atom. The highest BCUT2D eigenvalue weighted by atomic mass is 16.2. The molecule has 2 aromatic carbocycles. The summed E-state index contributed by atoms with van der Waals surface area (Å²) in [5.74, 6) is -0.910. The second-order valence-corrected chi connectivity index (χ2v) is 8.34. The lowest BCUT2D eigenvalue weighted by Crippen LogP contribution is -2.52. The Hall–Kier alpha value is -4.01. The highest BCUT2D eigenvalue weighted by molar-refractivity contribution is 6.05. The second-order valence-electron chi connectivity index (χ2n) is 8.34. The van der Waals surface area contributed by atoms with Gasteiger partial charge < -0.3 is 10.2 Å². The van der Waals surface area contributed by atoms with Crippen molar-refractivity contribution < 1.29 is 14.4 Å². The number of rotatable bonds is 3. The topological polar surface area (TPSA) is 109 Å². The fourth-order valence-corrected chi connectivity index (χ4v) is 4.66. The molecule has 3 aromatic rings. The minimum absolute atomic E-state index is 0.207. The number of hydrogen-bond acceptors (Lipinski definition) is 6. The van der Waals surface area contributed by atoms with Crippen LogP contribution in [-0.4, -0.2) is 50.2 Å². The first-order chi connectivity index (χ1) is 15.6. The van der Waals surface area contributed by atoms with Crippen LogP contribution in [0, 0.1) is 0 Å². The molecule has 32 heavy (non-hydrogen) atoms. The summed E-state index contributed by atoms with van der Waals surface area (Å²) in [7, 11) is 0. The van der Waals surface area contributed by atoms with Gasteiger partial charge in [0.2, 0.25) is 11.8 Å². The second kappa shape index (κ2) is 7.01. The molecular formula is C23H20N6O3. The summed E-state index contributed by atoms with van der Waals surface area (Å²) < 4.78 is 1.65. The maximum Gasteiger partial charge on any atom is 0.255 e. The van der Waals surface area contributed by atoms with Crippen LogP contribution in [0.2, 0.25) is 0 Å². The number of imide groups is 1. The standard InChI is InChI=1S/C23H20N6O3/c30-21-6-5-20(22(31)25-21)28-11-15-3-4-16(10-17(15)23(28)32)29-12-19(26-27-29)14-2-1-13-7-8-24-18(13)9-14/h1-4,9-10,12,20,24H,5-8,11H2,(H,25,30,31). The van der Waals surface area contributed by atoms with Crippen molar-refractivity contribution in [2.75, 3.05) is 11.9 Å². The van der Waals surface area contributed by atoms with E-state index in [1.807, 2.05) is 24.4 Å². The van der Waals surface area contributed by atoms with Gasteiger partial charge in [-0.05, 0) is 42.2 Å². The van der Waals surface area contributed by atoms with Gasteiger partial charge in [-0.3, -0.25) is 19.7 Å². The molecule has 2 N–H and O–H groups in total. The summed E-state index contributed by atoms with van der Waals surface area (Å²) in [4.78, 5) is 38.3. The molecule has 160 valence electrons. The predicted molar refractivity (Wildman–Crippen MR) is 115 cm³/mol. The minimum Gasteiger partial charge on any atom is -0.384 e. The van der Waals surface area contributed by atoms with Crippen LogP contribution in [0.4, 0.5) is 5.69 Å². The third-order valence-corrected chi connectivity index (χ3v) is 6.39. The Balaban J connectivity index is 1.26. The molecule has 1 aromatic heterocycles. The van der Waals surface area contributed by atoms with E-state index in [2.05, 4.69) is 33.1 Å². The van der Waals surface area contributed by atoms with Gasteiger partial charge in [0.15, 0.2) is 0 Å². The van der Waals surface area contributed by atoms with Gasteiger partial charge in [-0.15, -0.1) is 5.10 Å². The number of anilines is 1. The quantitative estimate of drug-likeness (QED) is 0.614. The zero-order valence-electron chi connectivity index (χ0n) is 17.2. The van der Waals surface area contributed by atoms with E-state index in [1.54, 1.807) is 15.6 Å². The average molecular weight is 428 g/mol. The van der Waals surface area contributed by atoms with E-state index in [1.165, 1.54) is 5.56 Å². The fourth-order valence-electron chi connectivity index (χ4n) is 4.66. The molecule has 4 heterocycles. The van der Waals surface area contributed by atoms with Crippen LogP contribution in [0.3, 0.4) is 0 Å². The van der Waals surface area contributed by atoms with Gasteiger partial charge in [-0.1, -0.05) is 23.4 Å². The van der Waals surface area contributed by atoms with Crippen LogP contribution >= 0.6 is 0 Å². The largest absolute Gasteiger partial charge is 0.384 e. The summed E-state index contributed by atoms with van der Waals surface area (Å²) in [6.07, 6.45) is 3.46. The third kappa shape index (κ3) is 2.96. The van der Waals surface area contributed by atoms with Gasteiger partial charge in [-0.2, -0.15) is 0 Å². The molecule has 3 aliphatic rings. The maximum absolute atomic E-state index is 13.1. The van der Waals surface area contributed by atoms with Crippen molar-refractivity contribution in [3.8, 4) is 16.9 Å². The Morgan fingerprint density at radius 1 is 1.00 bits per heavy atom. The number of hydrogen-bond donors (Lipinski definition) is 2. The molecule has 0 bridgehead atoms. The van der Waals surface area contributed by atoms with Crippen LogP contribution in [0.5, 0.6) is 0 Å². The van der Waals surface area contributed by atoms with Gasteiger partial charge in [0.1, 0.15) is 11.7 Å². The van der Waals surface area contributed by atoms with E-state index in [-0.39, 0.29) is 18.2 Å². The van der Waals surface area contributed by atoms with Crippen molar-refractivity contribution in [3.63, 3.8) is 0 Å². The van der Waals surface area contributed by atoms with Crippen molar-refractivity contribution in [2.24, 2.45) is 0 Å². The molecule has 3 aliphatic heterocycles. The summed E-state index contributed by atoms with van der Waals surface area (Å²) in [5.41, 5.74) is 6.29. The Labute approximate surface area is 183 Å². The van der Waals surface area contributed by atoms with Gasteiger partial charge in [-0.25, -0.2) is 4.68 Å². The van der Waals surface area contributed by atoms with Gasteiger partial charge in [0.25, 0.3) is 5.91 Å². The molecule has 1 saturated heterocycles. The number of carbonyl (C=O) groups excluding carboxylic acids is 3. The normalized spacial score (nSPS) is 19.6. The summed E-state index contributed by atoms with van der Waals surface area (Å²) >= 11 is 0. The lowest BCUT2D eigenvalue weighted by molar-refractivity contribution is -0.136. The zero-order chi connectivity index (χ0) is 21.8. The number of nitrogens with zero attached hydrogens (tertiary/aromatic N) is 4. The predicted octanol–water partition coefficient (Wildman–Crippen LogP) is 1.66. The number of benzene rings is 2. The van der Waals surface area contributed by atoms with Crippen molar-refractivity contribution >= 4 is 23.4 Å². The van der Waals surface area contributed by atoms with E-state index < -0.39 is 11.9 Å². The van der Waals surface area contributed by atoms with Crippen molar-refractivity contribution in [1.82, 2.24) is 25.2 Å². The van der Waals surface area contributed by atoms with Gasteiger partial charge in [0, 0.05) is 36.3 Å². The number of amides is 3. The van der Waals surface area contributed by atoms with E-state index >= 15 is 0 Å².